The van der Waals surface area contributed by atoms with Gasteiger partial charge in [0.25, 0.3) is 0 Å². The zero-order chi connectivity index (χ0) is 14.8. The lowest BCUT2D eigenvalue weighted by Crippen LogP contribution is -2.53. The van der Waals surface area contributed by atoms with Crippen LogP contribution in [0.15, 0.2) is 0 Å². The van der Waals surface area contributed by atoms with Gasteiger partial charge < -0.3 is 10.2 Å². The minimum atomic E-state index is -0.0274. The SMILES string of the molecule is CNC1CCN(C(=O)C2(CC(C)C)CCCC2)CC1C. The first-order valence-corrected chi connectivity index (χ1v) is 8.45. The van der Waals surface area contributed by atoms with Gasteiger partial charge >= 0.3 is 0 Å². The average Bonchev–Trinajstić information content (AvgIpc) is 2.86. The molecule has 0 bridgehead atoms. The summed E-state index contributed by atoms with van der Waals surface area (Å²) in [6.07, 6.45) is 6.88. The van der Waals surface area contributed by atoms with Gasteiger partial charge in [0.05, 0.1) is 0 Å². The summed E-state index contributed by atoms with van der Waals surface area (Å²) < 4.78 is 0. The third-order valence-electron chi connectivity index (χ3n) is 5.38. The standard InChI is InChI=1S/C17H32N2O/c1-13(2)11-17(8-5-6-9-17)16(20)19-10-7-15(18-4)14(3)12-19/h13-15,18H,5-12H2,1-4H3. The van der Waals surface area contributed by atoms with E-state index in [4.69, 9.17) is 0 Å². The smallest absolute Gasteiger partial charge is 0.228 e. The van der Waals surface area contributed by atoms with Gasteiger partial charge in [-0.25, -0.2) is 0 Å². The van der Waals surface area contributed by atoms with Crippen molar-refractivity contribution < 1.29 is 4.79 Å². The maximum absolute atomic E-state index is 13.1. The molecule has 2 unspecified atom stereocenters. The van der Waals surface area contributed by atoms with Crippen LogP contribution < -0.4 is 5.32 Å². The minimum absolute atomic E-state index is 0.0274. The largest absolute Gasteiger partial charge is 0.342 e. The molecule has 0 radical (unpaired) electrons. The highest BCUT2D eigenvalue weighted by molar-refractivity contribution is 5.83. The summed E-state index contributed by atoms with van der Waals surface area (Å²) in [4.78, 5) is 15.3. The lowest BCUT2D eigenvalue weighted by atomic mass is 9.76. The Kier molecular flexibility index (Phi) is 5.11. The van der Waals surface area contributed by atoms with Gasteiger partial charge in [-0.1, -0.05) is 33.6 Å². The van der Waals surface area contributed by atoms with Crippen LogP contribution in [-0.2, 0) is 4.79 Å². The zero-order valence-electron chi connectivity index (χ0n) is 13.7. The number of rotatable bonds is 4. The van der Waals surface area contributed by atoms with E-state index < -0.39 is 0 Å². The van der Waals surface area contributed by atoms with Crippen molar-refractivity contribution in [3.63, 3.8) is 0 Å². The molecule has 1 N–H and O–H groups in total. The quantitative estimate of drug-likeness (QED) is 0.858. The van der Waals surface area contributed by atoms with Crippen LogP contribution in [0, 0.1) is 17.3 Å². The first-order valence-electron chi connectivity index (χ1n) is 8.45. The molecule has 1 amide bonds. The van der Waals surface area contributed by atoms with Crippen LogP contribution in [-0.4, -0.2) is 37.0 Å². The Morgan fingerprint density at radius 1 is 1.35 bits per heavy atom. The summed E-state index contributed by atoms with van der Waals surface area (Å²) in [6.45, 7) is 8.65. The first kappa shape index (κ1) is 15.8. The second-order valence-electron chi connectivity index (χ2n) is 7.50. The molecule has 2 fully saturated rings. The van der Waals surface area contributed by atoms with Crippen molar-refractivity contribution in [2.45, 2.75) is 65.3 Å². The van der Waals surface area contributed by atoms with Gasteiger partial charge in [-0.15, -0.1) is 0 Å². The van der Waals surface area contributed by atoms with E-state index in [0.29, 0.717) is 23.8 Å². The van der Waals surface area contributed by atoms with Crippen molar-refractivity contribution in [1.29, 1.82) is 0 Å². The molecule has 3 nitrogen and oxygen atoms in total. The number of likely N-dealkylation sites (tertiary alicyclic amines) is 1. The average molecular weight is 280 g/mol. The van der Waals surface area contributed by atoms with Gasteiger partial charge in [0.1, 0.15) is 0 Å². The maximum atomic E-state index is 13.1. The predicted molar refractivity (Wildman–Crippen MR) is 83.6 cm³/mol. The Bertz CT molecular complexity index is 334. The molecule has 1 saturated carbocycles. The van der Waals surface area contributed by atoms with Gasteiger partial charge in [-0.2, -0.15) is 0 Å². The lowest BCUT2D eigenvalue weighted by molar-refractivity contribution is -0.145. The van der Waals surface area contributed by atoms with Gasteiger partial charge in [0, 0.05) is 24.5 Å². The highest BCUT2D eigenvalue weighted by atomic mass is 16.2. The molecule has 0 aromatic heterocycles. The van der Waals surface area contributed by atoms with Crippen LogP contribution in [0.25, 0.3) is 0 Å². The summed E-state index contributed by atoms with van der Waals surface area (Å²) in [5.41, 5.74) is -0.0274. The van der Waals surface area contributed by atoms with E-state index in [1.54, 1.807) is 0 Å². The topological polar surface area (TPSA) is 32.3 Å². The molecular formula is C17H32N2O. The maximum Gasteiger partial charge on any atom is 0.228 e. The van der Waals surface area contributed by atoms with Crippen molar-refractivity contribution in [3.8, 4) is 0 Å². The number of nitrogens with zero attached hydrogens (tertiary/aromatic N) is 1. The summed E-state index contributed by atoms with van der Waals surface area (Å²) in [7, 11) is 2.04. The fourth-order valence-electron chi connectivity index (χ4n) is 4.43. The minimum Gasteiger partial charge on any atom is -0.342 e. The first-order chi connectivity index (χ1) is 9.48. The molecule has 116 valence electrons. The van der Waals surface area contributed by atoms with Crippen molar-refractivity contribution in [1.82, 2.24) is 10.2 Å². The molecule has 2 rings (SSSR count). The molecule has 2 atom stereocenters. The molecular weight excluding hydrogens is 248 g/mol. The lowest BCUT2D eigenvalue weighted by Gasteiger charge is -2.42. The summed E-state index contributed by atoms with van der Waals surface area (Å²) >= 11 is 0. The molecule has 20 heavy (non-hydrogen) atoms. The Labute approximate surface area is 124 Å². The highest BCUT2D eigenvalue weighted by Crippen LogP contribution is 2.45. The van der Waals surface area contributed by atoms with Crippen LogP contribution in [0.5, 0.6) is 0 Å². The molecule has 0 aromatic carbocycles. The van der Waals surface area contributed by atoms with E-state index >= 15 is 0 Å². The molecule has 3 heteroatoms. The van der Waals surface area contributed by atoms with Gasteiger partial charge in [0.15, 0.2) is 0 Å². The van der Waals surface area contributed by atoms with Crippen LogP contribution in [0.4, 0.5) is 0 Å². The monoisotopic (exact) mass is 280 g/mol. The Morgan fingerprint density at radius 2 is 2.00 bits per heavy atom. The molecule has 0 spiro atoms. The number of nitrogens with one attached hydrogen (secondary N) is 1. The normalized spacial score (nSPS) is 29.9. The number of carbonyl (C=O) groups excluding carboxylic acids is 1. The third kappa shape index (κ3) is 3.19. The molecule has 1 saturated heterocycles. The van der Waals surface area contributed by atoms with Crippen LogP contribution >= 0.6 is 0 Å². The van der Waals surface area contributed by atoms with Crippen LogP contribution in [0.2, 0.25) is 0 Å². The molecule has 2 aliphatic rings. The number of carbonyl (C=O) groups is 1. The Morgan fingerprint density at radius 3 is 2.50 bits per heavy atom. The number of hydrogen-bond donors (Lipinski definition) is 1. The van der Waals surface area contributed by atoms with E-state index in [1.165, 1.54) is 12.8 Å². The third-order valence-corrected chi connectivity index (χ3v) is 5.38. The molecule has 1 aliphatic heterocycles. The van der Waals surface area contributed by atoms with Crippen molar-refractivity contribution in [2.24, 2.45) is 17.3 Å². The van der Waals surface area contributed by atoms with Crippen molar-refractivity contribution in [2.75, 3.05) is 20.1 Å². The molecule has 1 heterocycles. The highest BCUT2D eigenvalue weighted by Gasteiger charge is 2.44. The summed E-state index contributed by atoms with van der Waals surface area (Å²) in [6, 6.07) is 0.573. The van der Waals surface area contributed by atoms with Crippen LogP contribution in [0.1, 0.15) is 59.3 Å². The molecule has 0 aromatic rings. The van der Waals surface area contributed by atoms with E-state index in [1.807, 2.05) is 7.05 Å². The van der Waals surface area contributed by atoms with Crippen molar-refractivity contribution >= 4 is 5.91 Å². The van der Waals surface area contributed by atoms with E-state index in [-0.39, 0.29) is 5.41 Å². The summed E-state index contributed by atoms with van der Waals surface area (Å²) in [5, 5.41) is 3.39. The zero-order valence-corrected chi connectivity index (χ0v) is 13.7. The second kappa shape index (κ2) is 6.46. The van der Waals surface area contributed by atoms with E-state index in [9.17, 15) is 4.79 Å². The fraction of sp³-hybridized carbons (Fsp3) is 0.941. The summed E-state index contributed by atoms with van der Waals surface area (Å²) in [5.74, 6) is 1.64. The number of hydrogen-bond acceptors (Lipinski definition) is 2. The van der Waals surface area contributed by atoms with E-state index in [2.05, 4.69) is 31.0 Å². The van der Waals surface area contributed by atoms with Crippen LogP contribution in [0.3, 0.4) is 0 Å². The van der Waals surface area contributed by atoms with E-state index in [0.717, 1.165) is 38.8 Å². The second-order valence-corrected chi connectivity index (χ2v) is 7.50. The molecule has 1 aliphatic carbocycles. The Hall–Kier alpha value is -0.570. The number of amides is 1. The fourth-order valence-corrected chi connectivity index (χ4v) is 4.43. The predicted octanol–water partition coefficient (Wildman–Crippen LogP) is 3.05. The van der Waals surface area contributed by atoms with Gasteiger partial charge in [0.2, 0.25) is 5.91 Å². The van der Waals surface area contributed by atoms with Crippen molar-refractivity contribution in [3.05, 3.63) is 0 Å². The Balaban J connectivity index is 2.05. The van der Waals surface area contributed by atoms with Gasteiger partial charge in [-0.3, -0.25) is 4.79 Å². The number of piperidine rings is 1. The van der Waals surface area contributed by atoms with Gasteiger partial charge in [-0.05, 0) is 44.6 Å².